The van der Waals surface area contributed by atoms with Crippen LogP contribution in [0.25, 0.3) is 11.2 Å². The summed E-state index contributed by atoms with van der Waals surface area (Å²) in [4.78, 5) is 9.17. The maximum atomic E-state index is 6.01. The van der Waals surface area contributed by atoms with Gasteiger partial charge in [-0.15, -0.1) is 11.3 Å². The number of halogens is 1. The number of aryl methyl sites for hydroxylation is 1. The monoisotopic (exact) mass is 321 g/mol. The maximum absolute atomic E-state index is 6.01. The first-order valence-corrected chi connectivity index (χ1v) is 8.22. The largest absolute Gasteiger partial charge is 0.329 e. The second-order valence-electron chi connectivity index (χ2n) is 5.03. The molecule has 3 nitrogen and oxygen atoms in total. The number of imidazole rings is 1. The Hall–Kier alpha value is -1.17. The van der Waals surface area contributed by atoms with E-state index in [1.165, 1.54) is 23.3 Å². The van der Waals surface area contributed by atoms with Gasteiger partial charge in [-0.05, 0) is 54.6 Å². The minimum absolute atomic E-state index is 0.292. The molecule has 0 bridgehead atoms. The molecule has 1 N–H and O–H groups in total. The van der Waals surface area contributed by atoms with E-state index < -0.39 is 0 Å². The van der Waals surface area contributed by atoms with Crippen molar-refractivity contribution >= 4 is 46.3 Å². The molecule has 102 valence electrons. The summed E-state index contributed by atoms with van der Waals surface area (Å²) < 4.78 is 2.87. The Morgan fingerprint density at radius 1 is 1.50 bits per heavy atom. The lowest BCUT2D eigenvalue weighted by Crippen LogP contribution is -2.16. The third kappa shape index (κ3) is 1.84. The Kier molecular flexibility index (Phi) is 2.94. The Balaban J connectivity index is 1.96. The molecule has 0 radical (unpaired) electrons. The molecule has 0 aliphatic heterocycles. The fourth-order valence-corrected chi connectivity index (χ4v) is 4.47. The van der Waals surface area contributed by atoms with Crippen molar-refractivity contribution in [2.45, 2.75) is 25.3 Å². The van der Waals surface area contributed by atoms with Gasteiger partial charge in [0, 0.05) is 11.1 Å². The first-order chi connectivity index (χ1) is 9.74. The SMILES string of the molecule is S=c1[nH]c2cc(Cl)cnc2n1C1CCCc2sccc21. The van der Waals surface area contributed by atoms with Gasteiger partial charge in [-0.2, -0.15) is 0 Å². The molecule has 1 aliphatic rings. The lowest BCUT2D eigenvalue weighted by molar-refractivity contribution is 0.498. The van der Waals surface area contributed by atoms with E-state index in [1.807, 2.05) is 17.4 Å². The zero-order valence-corrected chi connectivity index (χ0v) is 13.0. The molecule has 3 aromatic heterocycles. The number of fused-ring (bicyclic) bond motifs is 2. The number of pyridine rings is 1. The van der Waals surface area contributed by atoms with Gasteiger partial charge in [-0.25, -0.2) is 4.98 Å². The van der Waals surface area contributed by atoms with Crippen molar-refractivity contribution in [3.05, 3.63) is 43.9 Å². The van der Waals surface area contributed by atoms with Crippen molar-refractivity contribution in [1.29, 1.82) is 0 Å². The van der Waals surface area contributed by atoms with Crippen LogP contribution in [0.3, 0.4) is 0 Å². The van der Waals surface area contributed by atoms with Gasteiger partial charge in [-0.3, -0.25) is 4.57 Å². The number of aromatic nitrogens is 3. The Morgan fingerprint density at radius 3 is 3.30 bits per heavy atom. The smallest absolute Gasteiger partial charge is 0.179 e. The third-order valence-corrected chi connectivity index (χ3v) is 5.36. The van der Waals surface area contributed by atoms with Crippen LogP contribution in [0.2, 0.25) is 5.02 Å². The number of hydrogen-bond donors (Lipinski definition) is 1. The van der Waals surface area contributed by atoms with Crippen LogP contribution in [-0.4, -0.2) is 14.5 Å². The fourth-order valence-electron chi connectivity index (χ4n) is 3.01. The lowest BCUT2D eigenvalue weighted by Gasteiger charge is -2.24. The summed E-state index contributed by atoms with van der Waals surface area (Å²) in [5, 5.41) is 2.80. The first kappa shape index (κ1) is 12.6. The average Bonchev–Trinajstić information content (AvgIpc) is 3.01. The van der Waals surface area contributed by atoms with Gasteiger partial charge in [0.05, 0.1) is 16.6 Å². The van der Waals surface area contributed by atoms with E-state index in [1.54, 1.807) is 6.20 Å². The van der Waals surface area contributed by atoms with Crippen molar-refractivity contribution in [1.82, 2.24) is 14.5 Å². The highest BCUT2D eigenvalue weighted by Gasteiger charge is 2.25. The van der Waals surface area contributed by atoms with Crippen LogP contribution in [0.4, 0.5) is 0 Å². The van der Waals surface area contributed by atoms with E-state index in [4.69, 9.17) is 23.8 Å². The van der Waals surface area contributed by atoms with Crippen LogP contribution in [0, 0.1) is 4.77 Å². The predicted molar refractivity (Wildman–Crippen MR) is 85.3 cm³/mol. The molecule has 0 amide bonds. The molecule has 6 heteroatoms. The summed E-state index contributed by atoms with van der Waals surface area (Å²) in [6.45, 7) is 0. The van der Waals surface area contributed by atoms with Crippen LogP contribution >= 0.6 is 35.2 Å². The molecule has 3 aromatic rings. The standard InChI is InChI=1S/C14H12ClN3S2/c15-8-6-10-13(16-7-8)18(14(19)17-10)11-2-1-3-12-9(11)4-5-20-12/h4-7,11H,1-3H2,(H,17,19). The molecule has 0 fully saturated rings. The number of thiophene rings is 1. The van der Waals surface area contributed by atoms with Crippen LogP contribution in [0.5, 0.6) is 0 Å². The molecule has 20 heavy (non-hydrogen) atoms. The Morgan fingerprint density at radius 2 is 2.40 bits per heavy atom. The normalized spacial score (nSPS) is 18.4. The fraction of sp³-hybridized carbons (Fsp3) is 0.286. The molecule has 0 aromatic carbocycles. The number of rotatable bonds is 1. The maximum Gasteiger partial charge on any atom is 0.179 e. The van der Waals surface area contributed by atoms with E-state index in [0.717, 1.165) is 22.4 Å². The van der Waals surface area contributed by atoms with Crippen LogP contribution in [0.1, 0.15) is 29.3 Å². The molecule has 0 spiro atoms. The summed E-state index contributed by atoms with van der Waals surface area (Å²) in [6, 6.07) is 4.40. The van der Waals surface area contributed by atoms with Crippen molar-refractivity contribution < 1.29 is 0 Å². The number of nitrogens with zero attached hydrogens (tertiary/aromatic N) is 2. The van der Waals surface area contributed by atoms with Crippen molar-refractivity contribution in [2.24, 2.45) is 0 Å². The van der Waals surface area contributed by atoms with Gasteiger partial charge in [-0.1, -0.05) is 11.6 Å². The van der Waals surface area contributed by atoms with E-state index in [-0.39, 0.29) is 0 Å². The molecule has 1 aliphatic carbocycles. The number of H-pyrrole nitrogens is 1. The van der Waals surface area contributed by atoms with Gasteiger partial charge in [0.15, 0.2) is 10.4 Å². The summed E-state index contributed by atoms with van der Waals surface area (Å²) in [5.74, 6) is 0. The molecular weight excluding hydrogens is 310 g/mol. The highest BCUT2D eigenvalue weighted by atomic mass is 35.5. The van der Waals surface area contributed by atoms with Gasteiger partial charge in [0.25, 0.3) is 0 Å². The first-order valence-electron chi connectivity index (χ1n) is 6.56. The number of nitrogens with one attached hydrogen (secondary N) is 1. The van der Waals surface area contributed by atoms with Gasteiger partial charge >= 0.3 is 0 Å². The zero-order valence-electron chi connectivity index (χ0n) is 10.6. The average molecular weight is 322 g/mol. The second-order valence-corrected chi connectivity index (χ2v) is 6.86. The summed E-state index contributed by atoms with van der Waals surface area (Å²) in [7, 11) is 0. The van der Waals surface area contributed by atoms with E-state index in [0.29, 0.717) is 11.1 Å². The zero-order chi connectivity index (χ0) is 13.7. The van der Waals surface area contributed by atoms with Crippen LogP contribution < -0.4 is 0 Å². The number of hydrogen-bond acceptors (Lipinski definition) is 3. The Labute approximate surface area is 130 Å². The molecule has 4 rings (SSSR count). The van der Waals surface area contributed by atoms with Crippen molar-refractivity contribution in [3.63, 3.8) is 0 Å². The third-order valence-electron chi connectivity index (χ3n) is 3.85. The highest BCUT2D eigenvalue weighted by molar-refractivity contribution is 7.71. The van der Waals surface area contributed by atoms with Crippen molar-refractivity contribution in [2.75, 3.05) is 0 Å². The highest BCUT2D eigenvalue weighted by Crippen LogP contribution is 2.37. The van der Waals surface area contributed by atoms with E-state index >= 15 is 0 Å². The molecule has 0 saturated carbocycles. The molecule has 1 atom stereocenters. The van der Waals surface area contributed by atoms with Gasteiger partial charge in [0.2, 0.25) is 0 Å². The van der Waals surface area contributed by atoms with E-state index in [2.05, 4.69) is 26.0 Å². The molecular formula is C14H12ClN3S2. The van der Waals surface area contributed by atoms with Gasteiger partial charge < -0.3 is 4.98 Å². The molecule has 1 unspecified atom stereocenters. The number of aromatic amines is 1. The molecule has 0 saturated heterocycles. The van der Waals surface area contributed by atoms with Gasteiger partial charge in [0.1, 0.15) is 0 Å². The van der Waals surface area contributed by atoms with Crippen LogP contribution in [0.15, 0.2) is 23.7 Å². The van der Waals surface area contributed by atoms with Crippen LogP contribution in [-0.2, 0) is 6.42 Å². The summed E-state index contributed by atoms with van der Waals surface area (Å²) in [6.07, 6.45) is 5.16. The van der Waals surface area contributed by atoms with Crippen molar-refractivity contribution in [3.8, 4) is 0 Å². The summed E-state index contributed by atoms with van der Waals surface area (Å²) in [5.41, 5.74) is 3.20. The quantitative estimate of drug-likeness (QED) is 0.657. The summed E-state index contributed by atoms with van der Waals surface area (Å²) >= 11 is 13.4. The minimum atomic E-state index is 0.292. The van der Waals surface area contributed by atoms with E-state index in [9.17, 15) is 0 Å². The predicted octanol–water partition coefficient (Wildman–Crippen LogP) is 4.73. The molecule has 3 heterocycles. The Bertz CT molecular complexity index is 846. The second kappa shape index (κ2) is 4.69. The topological polar surface area (TPSA) is 33.6 Å². The minimum Gasteiger partial charge on any atom is -0.329 e. The lowest BCUT2D eigenvalue weighted by atomic mass is 9.94.